The molecular formula is C30H37FN2O3. The molecule has 0 heterocycles. The summed E-state index contributed by atoms with van der Waals surface area (Å²) in [5, 5.41) is 9.49. The van der Waals surface area contributed by atoms with Gasteiger partial charge in [0, 0.05) is 12.5 Å². The van der Waals surface area contributed by atoms with Crippen molar-refractivity contribution >= 4 is 11.7 Å². The van der Waals surface area contributed by atoms with Crippen molar-refractivity contribution in [2.75, 3.05) is 6.61 Å². The lowest BCUT2D eigenvalue weighted by Crippen LogP contribution is -2.38. The average Bonchev–Trinajstić information content (AvgIpc) is 2.84. The Morgan fingerprint density at radius 2 is 1.97 bits per heavy atom. The number of nitrogens with two attached hydrogens (primary N) is 1. The Balaban J connectivity index is 1.67. The molecule has 1 amide bonds. The fourth-order valence-corrected chi connectivity index (χ4v) is 5.59. The van der Waals surface area contributed by atoms with E-state index in [0.717, 1.165) is 68.9 Å². The molecule has 3 rings (SSSR count). The maximum absolute atomic E-state index is 14.0. The van der Waals surface area contributed by atoms with Crippen molar-refractivity contribution in [1.82, 2.24) is 0 Å². The quantitative estimate of drug-likeness (QED) is 0.381. The van der Waals surface area contributed by atoms with Crippen LogP contribution in [0.15, 0.2) is 36.4 Å². The van der Waals surface area contributed by atoms with Crippen molar-refractivity contribution in [2.24, 2.45) is 11.7 Å². The monoisotopic (exact) mass is 492 g/mol. The summed E-state index contributed by atoms with van der Waals surface area (Å²) in [7, 11) is 0. The zero-order valence-electron chi connectivity index (χ0n) is 21.4. The largest absolute Gasteiger partial charge is 0.493 e. The summed E-state index contributed by atoms with van der Waals surface area (Å²) in [5.41, 5.74) is 7.20. The zero-order chi connectivity index (χ0) is 26.1. The van der Waals surface area contributed by atoms with Gasteiger partial charge in [-0.05, 0) is 86.8 Å². The van der Waals surface area contributed by atoms with E-state index in [2.05, 4.69) is 6.07 Å². The van der Waals surface area contributed by atoms with Crippen LogP contribution < -0.4 is 10.5 Å². The van der Waals surface area contributed by atoms with Gasteiger partial charge in [-0.2, -0.15) is 5.26 Å². The number of primary amides is 1. The normalized spacial score (nSPS) is 20.1. The molecule has 6 heteroatoms. The van der Waals surface area contributed by atoms with E-state index >= 15 is 0 Å². The number of aryl methyl sites for hydroxylation is 1. The lowest BCUT2D eigenvalue weighted by atomic mass is 9.65. The number of nitrogens with zero attached hydrogens (tertiary/aromatic N) is 1. The van der Waals surface area contributed by atoms with Gasteiger partial charge in [-0.15, -0.1) is 0 Å². The second-order valence-electron chi connectivity index (χ2n) is 10.0. The van der Waals surface area contributed by atoms with Crippen LogP contribution in [0.4, 0.5) is 4.39 Å². The first-order chi connectivity index (χ1) is 17.3. The second-order valence-corrected chi connectivity index (χ2v) is 10.0. The second kappa shape index (κ2) is 12.7. The Hall–Kier alpha value is -3.20. The minimum absolute atomic E-state index is 0.145. The van der Waals surface area contributed by atoms with E-state index in [4.69, 9.17) is 10.5 Å². The van der Waals surface area contributed by atoms with Crippen molar-refractivity contribution in [3.63, 3.8) is 0 Å². The summed E-state index contributed by atoms with van der Waals surface area (Å²) in [5.74, 6) is -0.313. The maximum Gasteiger partial charge on any atom is 0.251 e. The third-order valence-corrected chi connectivity index (χ3v) is 7.57. The highest BCUT2D eigenvalue weighted by molar-refractivity contribution is 5.93. The van der Waals surface area contributed by atoms with Crippen molar-refractivity contribution < 1.29 is 18.7 Å². The number of nitriles is 1. The smallest absolute Gasteiger partial charge is 0.251 e. The summed E-state index contributed by atoms with van der Waals surface area (Å²) in [6.45, 7) is 4.54. The van der Waals surface area contributed by atoms with Crippen LogP contribution >= 0.6 is 0 Å². The summed E-state index contributed by atoms with van der Waals surface area (Å²) < 4.78 is 19.7. The molecule has 0 aliphatic heterocycles. The predicted octanol–water partition coefficient (Wildman–Crippen LogP) is 6.54. The molecule has 36 heavy (non-hydrogen) atoms. The molecule has 1 aliphatic rings. The highest BCUT2D eigenvalue weighted by Gasteiger charge is 2.40. The minimum atomic E-state index is -0.800. The molecule has 1 saturated carbocycles. The molecule has 2 aromatic carbocycles. The van der Waals surface area contributed by atoms with Crippen LogP contribution in [0, 0.1) is 30.0 Å². The summed E-state index contributed by atoms with van der Waals surface area (Å²) in [6, 6.07) is 12.1. The molecular weight excluding hydrogens is 455 g/mol. The van der Waals surface area contributed by atoms with Crippen LogP contribution in [-0.2, 0) is 10.2 Å². The molecule has 0 spiro atoms. The van der Waals surface area contributed by atoms with Gasteiger partial charge in [0.05, 0.1) is 29.2 Å². The minimum Gasteiger partial charge on any atom is -0.493 e. The molecule has 0 aromatic heterocycles. The molecule has 5 nitrogen and oxygen atoms in total. The summed E-state index contributed by atoms with van der Waals surface area (Å²) in [6.07, 6.45) is 8.94. The van der Waals surface area contributed by atoms with Crippen LogP contribution in [-0.4, -0.2) is 18.3 Å². The highest BCUT2D eigenvalue weighted by Crippen LogP contribution is 2.43. The van der Waals surface area contributed by atoms with Crippen LogP contribution in [0.2, 0.25) is 0 Å². The molecule has 2 unspecified atom stereocenters. The van der Waals surface area contributed by atoms with E-state index < -0.39 is 17.1 Å². The lowest BCUT2D eigenvalue weighted by Gasteiger charge is -2.38. The number of rotatable bonds is 10. The first kappa shape index (κ1) is 27.4. The molecule has 2 N–H and O–H groups in total. The van der Waals surface area contributed by atoms with E-state index in [0.29, 0.717) is 36.0 Å². The van der Waals surface area contributed by atoms with Crippen LogP contribution in [0.3, 0.4) is 0 Å². The van der Waals surface area contributed by atoms with Gasteiger partial charge in [0.2, 0.25) is 0 Å². The van der Waals surface area contributed by atoms with E-state index in [-0.39, 0.29) is 5.56 Å². The SMILES string of the molecule is CCCC(=O)C1(c2cc(C#N)ccc2C)CCCCC(CCCOc2ccc(C(N)=O)c(F)c2)CC1. The third-order valence-electron chi connectivity index (χ3n) is 7.57. The molecule has 2 aromatic rings. The maximum atomic E-state index is 14.0. The molecule has 1 aliphatic carbocycles. The van der Waals surface area contributed by atoms with Crippen molar-refractivity contribution in [3.8, 4) is 11.8 Å². The van der Waals surface area contributed by atoms with E-state index in [9.17, 15) is 19.2 Å². The predicted molar refractivity (Wildman–Crippen MR) is 138 cm³/mol. The number of halogens is 1. The molecule has 0 bridgehead atoms. The molecule has 0 saturated heterocycles. The summed E-state index contributed by atoms with van der Waals surface area (Å²) >= 11 is 0. The first-order valence-corrected chi connectivity index (χ1v) is 13.1. The first-order valence-electron chi connectivity index (χ1n) is 13.1. The number of ketones is 1. The number of carbonyl (C=O) groups excluding carboxylic acids is 2. The number of hydrogen-bond donors (Lipinski definition) is 1. The van der Waals surface area contributed by atoms with E-state index in [1.165, 1.54) is 12.1 Å². The van der Waals surface area contributed by atoms with Crippen LogP contribution in [0.1, 0.15) is 98.2 Å². The highest BCUT2D eigenvalue weighted by atomic mass is 19.1. The Kier molecular flexibility index (Phi) is 9.64. The number of ether oxygens (including phenoxy) is 1. The Morgan fingerprint density at radius 3 is 2.67 bits per heavy atom. The number of benzene rings is 2. The Bertz CT molecular complexity index is 1120. The van der Waals surface area contributed by atoms with Crippen LogP contribution in [0.25, 0.3) is 0 Å². The zero-order valence-corrected chi connectivity index (χ0v) is 21.4. The van der Waals surface area contributed by atoms with Gasteiger partial charge in [0.25, 0.3) is 5.91 Å². The molecule has 0 radical (unpaired) electrons. The van der Waals surface area contributed by atoms with Crippen molar-refractivity contribution in [1.29, 1.82) is 5.26 Å². The Morgan fingerprint density at radius 1 is 1.17 bits per heavy atom. The number of Topliss-reactive ketones (excluding diaryl/α,β-unsaturated/α-hetero) is 1. The van der Waals surface area contributed by atoms with Gasteiger partial charge in [-0.3, -0.25) is 9.59 Å². The fraction of sp³-hybridized carbons (Fsp3) is 0.500. The number of amides is 1. The van der Waals surface area contributed by atoms with Gasteiger partial charge in [0.1, 0.15) is 17.3 Å². The average molecular weight is 493 g/mol. The number of carbonyl (C=O) groups is 2. The third kappa shape index (κ3) is 6.51. The van der Waals surface area contributed by atoms with Crippen molar-refractivity contribution in [2.45, 2.75) is 83.5 Å². The van der Waals surface area contributed by atoms with Gasteiger partial charge >= 0.3 is 0 Å². The Labute approximate surface area is 213 Å². The number of hydrogen-bond acceptors (Lipinski definition) is 4. The van der Waals surface area contributed by atoms with Crippen LogP contribution in [0.5, 0.6) is 5.75 Å². The summed E-state index contributed by atoms with van der Waals surface area (Å²) in [4.78, 5) is 24.8. The topological polar surface area (TPSA) is 93.2 Å². The molecule has 192 valence electrons. The van der Waals surface area contributed by atoms with E-state index in [1.807, 2.05) is 32.0 Å². The molecule has 1 fully saturated rings. The van der Waals surface area contributed by atoms with Gasteiger partial charge < -0.3 is 10.5 Å². The molecule has 2 atom stereocenters. The lowest BCUT2D eigenvalue weighted by molar-refractivity contribution is -0.125. The van der Waals surface area contributed by atoms with Gasteiger partial charge in [-0.1, -0.05) is 32.3 Å². The van der Waals surface area contributed by atoms with E-state index in [1.54, 1.807) is 6.07 Å². The standard InChI is InChI=1S/C30H37FN2O3/c1-3-7-28(34)30(26-18-23(20-32)11-10-21(26)2)15-5-4-8-22(14-16-30)9-6-17-36-24-12-13-25(29(33)35)27(31)19-24/h10-13,18-19,22H,3-9,14-17H2,1-2H3,(H2,33,35). The van der Waals surface area contributed by atoms with Gasteiger partial charge in [0.15, 0.2) is 0 Å². The fourth-order valence-electron chi connectivity index (χ4n) is 5.59. The van der Waals surface area contributed by atoms with Gasteiger partial charge in [-0.25, -0.2) is 4.39 Å². The van der Waals surface area contributed by atoms with Crippen molar-refractivity contribution in [3.05, 3.63) is 64.5 Å².